The minimum atomic E-state index is 0. The number of methoxy groups -OCH3 is 2. The van der Waals surface area contributed by atoms with E-state index in [1.807, 2.05) is 12.2 Å². The molecule has 0 amide bonds. The Morgan fingerprint density at radius 1 is 0.456 bits per heavy atom. The van der Waals surface area contributed by atoms with Gasteiger partial charge >= 0.3 is 0 Å². The topological polar surface area (TPSA) is 44.2 Å². The van der Waals surface area contributed by atoms with Crippen LogP contribution in [0.3, 0.4) is 0 Å². The van der Waals surface area contributed by atoms with Gasteiger partial charge < -0.3 is 9.47 Å². The smallest absolute Gasteiger partial charge is 0.113 e. The Kier molecular flexibility index (Phi) is 13.1. The van der Waals surface area contributed by atoms with Crippen LogP contribution in [-0.4, -0.2) is 23.0 Å². The van der Waals surface area contributed by atoms with Crippen molar-refractivity contribution in [2.45, 2.75) is 55.4 Å². The van der Waals surface area contributed by atoms with Gasteiger partial charge in [-0.1, -0.05) is 85.0 Å². The normalized spacial score (nSPS) is 11.6. The molecule has 15 aliphatic rings. The van der Waals surface area contributed by atoms with E-state index in [-0.39, 0.29) is 65.4 Å². The van der Waals surface area contributed by atoms with Crippen molar-refractivity contribution in [3.63, 3.8) is 0 Å². The van der Waals surface area contributed by atoms with E-state index in [9.17, 15) is 0 Å². The Bertz CT molecular complexity index is 2680. The van der Waals surface area contributed by atoms with Crippen LogP contribution in [0.25, 0.3) is 67.7 Å². The molecule has 1 aromatic heterocycles. The standard InChI is InChI=1S/C50H42N2O2S.2Y/c1-27-29(3)46-30(4)28(2)41(27)22-21-40-26-44(53-9)39(25-45(40)54-10)16-13-35-11-14-37(15-12-35)47-31(5)33(7)48(34(8)32(47)6)43-24-23-42(49-50(43)52-55-51-49)36-17-19-38(46)20-18-36;;/h11-12,14-21,23-24H,1-10H3;;/q-4;;. The van der Waals surface area contributed by atoms with Crippen LogP contribution in [0.15, 0.2) is 60.7 Å². The first kappa shape index (κ1) is 43.0. The van der Waals surface area contributed by atoms with Gasteiger partial charge in [0.1, 0.15) is 11.0 Å². The second kappa shape index (κ2) is 17.3. The van der Waals surface area contributed by atoms with Crippen LogP contribution in [0.5, 0.6) is 11.5 Å². The third-order valence-corrected chi connectivity index (χ3v) is 12.3. The van der Waals surface area contributed by atoms with Gasteiger partial charge in [0.15, 0.2) is 0 Å². The molecule has 0 aliphatic heterocycles. The third-order valence-electron chi connectivity index (χ3n) is 11.7. The van der Waals surface area contributed by atoms with Crippen molar-refractivity contribution in [2.24, 2.45) is 0 Å². The Morgan fingerprint density at radius 2 is 0.860 bits per heavy atom. The molecule has 2 radical (unpaired) electrons. The van der Waals surface area contributed by atoms with Crippen molar-refractivity contribution in [3.05, 3.63) is 152 Å². The summed E-state index contributed by atoms with van der Waals surface area (Å²) >= 11 is 1.28. The van der Waals surface area contributed by atoms with Crippen LogP contribution >= 0.6 is 11.7 Å². The van der Waals surface area contributed by atoms with E-state index in [0.717, 1.165) is 38.9 Å². The molecule has 7 heteroatoms. The molecule has 0 atom stereocenters. The van der Waals surface area contributed by atoms with Gasteiger partial charge in [-0.15, -0.1) is 23.3 Å². The van der Waals surface area contributed by atoms with Crippen molar-refractivity contribution in [1.29, 1.82) is 0 Å². The Morgan fingerprint density at radius 3 is 1.37 bits per heavy atom. The first-order chi connectivity index (χ1) is 26.5. The largest absolute Gasteiger partial charge is 0.559 e. The van der Waals surface area contributed by atoms with Gasteiger partial charge in [0.2, 0.25) is 0 Å². The predicted molar refractivity (Wildman–Crippen MR) is 228 cm³/mol. The Labute approximate surface area is 391 Å². The zero-order valence-electron chi connectivity index (χ0n) is 34.2. The maximum absolute atomic E-state index is 5.81. The summed E-state index contributed by atoms with van der Waals surface area (Å²) in [7, 11) is 3.30. The summed E-state index contributed by atoms with van der Waals surface area (Å²) < 4.78 is 21.4. The fourth-order valence-electron chi connectivity index (χ4n) is 8.28. The van der Waals surface area contributed by atoms with Crippen molar-refractivity contribution in [1.82, 2.24) is 8.75 Å². The summed E-state index contributed by atoms with van der Waals surface area (Å²) in [5, 5.41) is 0. The summed E-state index contributed by atoms with van der Waals surface area (Å²) in [6.07, 6.45) is 10.8. The minimum Gasteiger partial charge on any atom is -0.559 e. The molecule has 57 heavy (non-hydrogen) atoms. The molecule has 0 fully saturated rings. The summed E-state index contributed by atoms with van der Waals surface area (Å²) in [6, 6.07) is 28.7. The number of ether oxygens (including phenoxy) is 2. The van der Waals surface area contributed by atoms with Gasteiger partial charge in [-0.3, -0.25) is 0 Å². The minimum absolute atomic E-state index is 0. The summed E-state index contributed by atoms with van der Waals surface area (Å²) in [4.78, 5) is 0. The van der Waals surface area contributed by atoms with E-state index >= 15 is 0 Å². The summed E-state index contributed by atoms with van der Waals surface area (Å²) in [6.45, 7) is 17.7. The number of rotatable bonds is 2. The maximum atomic E-state index is 5.81. The van der Waals surface area contributed by atoms with E-state index in [2.05, 4.69) is 140 Å². The molecule has 0 saturated heterocycles. The molecule has 15 aliphatic carbocycles. The van der Waals surface area contributed by atoms with E-state index in [4.69, 9.17) is 18.2 Å². The van der Waals surface area contributed by atoms with Crippen molar-refractivity contribution in [2.75, 3.05) is 14.2 Å². The summed E-state index contributed by atoms with van der Waals surface area (Å²) in [5.74, 6) is 1.12. The molecule has 22 rings (SSSR count). The third kappa shape index (κ3) is 7.49. The average molecular weight is 913 g/mol. The Balaban J connectivity index is 0.00000275. The van der Waals surface area contributed by atoms with Crippen LogP contribution in [0.4, 0.5) is 0 Å². The number of benzene rings is 6. The van der Waals surface area contributed by atoms with Gasteiger partial charge in [0.25, 0.3) is 0 Å². The Hall–Kier alpha value is -3.57. The molecule has 12 bridgehead atoms. The number of hydrogen-bond acceptors (Lipinski definition) is 5. The van der Waals surface area contributed by atoms with Crippen molar-refractivity contribution >= 4 is 34.9 Å². The molecule has 1 heterocycles. The van der Waals surface area contributed by atoms with Crippen molar-refractivity contribution < 1.29 is 74.9 Å². The first-order valence-electron chi connectivity index (χ1n) is 18.5. The summed E-state index contributed by atoms with van der Waals surface area (Å²) in [5.41, 5.74) is 24.5. The number of nitrogens with zero attached hydrogens (tertiary/aromatic N) is 2. The van der Waals surface area contributed by atoms with E-state index < -0.39 is 0 Å². The van der Waals surface area contributed by atoms with Crippen LogP contribution < -0.4 is 9.47 Å². The van der Waals surface area contributed by atoms with Crippen molar-refractivity contribution in [3.8, 4) is 56.0 Å². The number of aromatic nitrogens is 2. The van der Waals surface area contributed by atoms with E-state index in [1.165, 1.54) is 84.1 Å². The van der Waals surface area contributed by atoms with E-state index in [1.54, 1.807) is 14.2 Å². The molecular weight excluding hydrogens is 870 g/mol. The molecule has 6 aromatic carbocycles. The van der Waals surface area contributed by atoms with Crippen LogP contribution in [0, 0.1) is 79.7 Å². The van der Waals surface area contributed by atoms with Gasteiger partial charge in [-0.2, -0.15) is 55.3 Å². The molecular formula is C50H42N2O2SY2-4. The van der Waals surface area contributed by atoms with Crippen LogP contribution in [0.1, 0.15) is 66.8 Å². The zero-order chi connectivity index (χ0) is 38.7. The molecule has 0 unspecified atom stereocenters. The number of hydrogen-bond donors (Lipinski definition) is 0. The fourth-order valence-corrected chi connectivity index (χ4v) is 8.85. The second-order valence-electron chi connectivity index (χ2n) is 14.5. The monoisotopic (exact) mass is 912 g/mol. The van der Waals surface area contributed by atoms with E-state index in [0.29, 0.717) is 22.6 Å². The predicted octanol–water partition coefficient (Wildman–Crippen LogP) is 12.5. The first-order valence-corrected chi connectivity index (χ1v) is 19.2. The quantitative estimate of drug-likeness (QED) is 0.162. The molecule has 7 aromatic rings. The van der Waals surface area contributed by atoms with Gasteiger partial charge in [-0.25, -0.2) is 12.2 Å². The second-order valence-corrected chi connectivity index (χ2v) is 15.0. The molecule has 0 saturated carbocycles. The molecule has 280 valence electrons. The zero-order valence-corrected chi connectivity index (χ0v) is 40.7. The van der Waals surface area contributed by atoms with Gasteiger partial charge in [0.05, 0.1) is 25.9 Å². The van der Waals surface area contributed by atoms with Crippen LogP contribution in [-0.2, 0) is 65.4 Å². The molecule has 0 N–H and O–H groups in total. The fraction of sp³-hybridized carbons (Fsp3) is 0.200. The molecule has 0 spiro atoms. The molecule has 4 nitrogen and oxygen atoms in total. The van der Waals surface area contributed by atoms with Gasteiger partial charge in [0, 0.05) is 76.5 Å². The van der Waals surface area contributed by atoms with Gasteiger partial charge in [-0.05, 0) is 97.2 Å². The maximum Gasteiger partial charge on any atom is 0.113 e. The average Bonchev–Trinajstić information content (AvgIpc) is 3.70. The SMILES string of the molecule is COc1[c-]c2c(OC)[c-]c1C=[C-]c1ccc(cc1)-c1c(C)c(C)c(c(C)c1C)-c1ccc(c3nsnc13)-c1ccc(cc1)-c1c(C)c(C)c(c(C)c1C)[C-]=C2.[Y].[Y]. The van der Waals surface area contributed by atoms with Crippen LogP contribution in [0.2, 0.25) is 0 Å².